The molecule has 0 saturated heterocycles. The Labute approximate surface area is 53.2 Å². The molecule has 0 aliphatic carbocycles. The van der Waals surface area contributed by atoms with Crippen LogP contribution >= 0.6 is 0 Å². The third-order valence-corrected chi connectivity index (χ3v) is 1.75. The Kier molecular flexibility index (Phi) is 1.32. The lowest BCUT2D eigenvalue weighted by Crippen LogP contribution is -1.93. The number of hydrogen-bond donors (Lipinski definition) is 0. The van der Waals surface area contributed by atoms with Crippen molar-refractivity contribution in [3.8, 4) is 0 Å². The highest BCUT2D eigenvalue weighted by atomic mass is 32.2. The van der Waals surface area contributed by atoms with Gasteiger partial charge in [-0.25, -0.2) is 8.42 Å². The molecule has 9 heavy (non-hydrogen) atoms. The monoisotopic (exact) mass is 145 g/mol. The lowest BCUT2D eigenvalue weighted by molar-refractivity contribution is 0.452. The Hall–Kier alpha value is -0.770. The highest BCUT2D eigenvalue weighted by Gasteiger charge is 2.07. The van der Waals surface area contributed by atoms with Crippen molar-refractivity contribution in [1.82, 2.24) is 0 Å². The first-order chi connectivity index (χ1) is 4.11. The first-order valence-electron chi connectivity index (χ1n) is 2.25. The molecule has 0 atom stereocenters. The van der Waals surface area contributed by atoms with Crippen LogP contribution in [0.1, 0.15) is 0 Å². The van der Waals surface area contributed by atoms with E-state index < -0.39 is 9.84 Å². The van der Waals surface area contributed by atoms with Crippen LogP contribution < -0.4 is 0 Å². The molecule has 0 bridgehead atoms. The van der Waals surface area contributed by atoms with E-state index in [1.165, 1.54) is 12.3 Å². The Balaban J connectivity index is 3.20. The van der Waals surface area contributed by atoms with E-state index in [2.05, 4.69) is 10.5 Å². The molecule has 0 aliphatic heterocycles. The van der Waals surface area contributed by atoms with Gasteiger partial charge in [0, 0.05) is 18.4 Å². The van der Waals surface area contributed by atoms with E-state index >= 15 is 0 Å². The third kappa shape index (κ3) is 1.32. The zero-order valence-corrected chi connectivity index (χ0v) is 5.60. The van der Waals surface area contributed by atoms with Crippen LogP contribution in [0.2, 0.25) is 0 Å². The van der Waals surface area contributed by atoms with E-state index in [9.17, 15) is 8.42 Å². The summed E-state index contributed by atoms with van der Waals surface area (Å²) in [5.74, 6) is 0. The van der Waals surface area contributed by atoms with E-state index in [1.54, 1.807) is 0 Å². The zero-order valence-electron chi connectivity index (χ0n) is 4.79. The van der Waals surface area contributed by atoms with Gasteiger partial charge in [-0.2, -0.15) is 0 Å². The second-order valence-corrected chi connectivity index (χ2v) is 3.58. The molecule has 0 unspecified atom stereocenters. The van der Waals surface area contributed by atoms with Gasteiger partial charge in [0.05, 0.1) is 0 Å². The second-order valence-electron chi connectivity index (χ2n) is 1.64. The minimum absolute atomic E-state index is 0.0394. The lowest BCUT2D eigenvalue weighted by Gasteiger charge is -1.85. The van der Waals surface area contributed by atoms with Crippen LogP contribution in [0.25, 0.3) is 0 Å². The number of rotatable bonds is 1. The summed E-state index contributed by atoms with van der Waals surface area (Å²) >= 11 is 0. The standard InChI is InChI=1S/C5H5O3S/c1-9(6,7)5-3-2-4-8-5/h3-4H,1H3. The smallest absolute Gasteiger partial charge is 0.218 e. The van der Waals surface area contributed by atoms with Gasteiger partial charge in [-0.05, 0) is 0 Å². The van der Waals surface area contributed by atoms with Crippen molar-refractivity contribution in [3.05, 3.63) is 18.4 Å². The molecule has 3 nitrogen and oxygen atoms in total. The van der Waals surface area contributed by atoms with Crippen LogP contribution in [0.3, 0.4) is 0 Å². The van der Waals surface area contributed by atoms with E-state index in [4.69, 9.17) is 0 Å². The van der Waals surface area contributed by atoms with Crippen LogP contribution in [0.15, 0.2) is 21.8 Å². The third-order valence-electron chi connectivity index (χ3n) is 0.810. The first kappa shape index (κ1) is 6.35. The minimum Gasteiger partial charge on any atom is -0.452 e. The molecule has 0 aromatic carbocycles. The molecule has 0 N–H and O–H groups in total. The van der Waals surface area contributed by atoms with Crippen LogP contribution in [0.4, 0.5) is 0 Å². The van der Waals surface area contributed by atoms with Crippen LogP contribution in [0.5, 0.6) is 0 Å². The minimum atomic E-state index is -3.16. The Bertz CT molecular complexity index is 269. The summed E-state index contributed by atoms with van der Waals surface area (Å²) in [5.41, 5.74) is 0. The van der Waals surface area contributed by atoms with Crippen molar-refractivity contribution in [1.29, 1.82) is 0 Å². The summed E-state index contributed by atoms with van der Waals surface area (Å²) in [5, 5.41) is -0.0394. The fourth-order valence-corrected chi connectivity index (χ4v) is 0.928. The number of furan rings is 1. The van der Waals surface area contributed by atoms with E-state index in [1.807, 2.05) is 0 Å². The fraction of sp³-hybridized carbons (Fsp3) is 0.200. The largest absolute Gasteiger partial charge is 0.452 e. The topological polar surface area (TPSA) is 47.3 Å². The molecule has 4 heteroatoms. The van der Waals surface area contributed by atoms with Gasteiger partial charge in [-0.1, -0.05) is 0 Å². The summed E-state index contributed by atoms with van der Waals surface area (Å²) in [4.78, 5) is 0. The molecular weight excluding hydrogens is 140 g/mol. The zero-order chi connectivity index (χ0) is 6.91. The molecule has 0 amide bonds. The van der Waals surface area contributed by atoms with Gasteiger partial charge in [0.2, 0.25) is 14.9 Å². The van der Waals surface area contributed by atoms with E-state index in [-0.39, 0.29) is 5.09 Å². The van der Waals surface area contributed by atoms with Gasteiger partial charge >= 0.3 is 0 Å². The SMILES string of the molecule is CS(=O)(=O)c1c[c]co1. The Morgan fingerprint density at radius 1 is 1.67 bits per heavy atom. The van der Waals surface area contributed by atoms with Crippen molar-refractivity contribution >= 4 is 9.84 Å². The molecule has 0 saturated carbocycles. The van der Waals surface area contributed by atoms with Crippen LogP contribution in [-0.2, 0) is 9.84 Å². The lowest BCUT2D eigenvalue weighted by atomic mass is 10.7. The van der Waals surface area contributed by atoms with E-state index in [0.717, 1.165) is 6.26 Å². The highest BCUT2D eigenvalue weighted by molar-refractivity contribution is 7.90. The van der Waals surface area contributed by atoms with E-state index in [0.29, 0.717) is 0 Å². The summed E-state index contributed by atoms with van der Waals surface area (Å²) in [6, 6.07) is 3.78. The van der Waals surface area contributed by atoms with Gasteiger partial charge in [-0.15, -0.1) is 0 Å². The highest BCUT2D eigenvalue weighted by Crippen LogP contribution is 2.06. The van der Waals surface area contributed by atoms with Crippen molar-refractivity contribution in [3.63, 3.8) is 0 Å². The normalized spacial score (nSPS) is 11.7. The predicted molar refractivity (Wildman–Crippen MR) is 30.7 cm³/mol. The first-order valence-corrected chi connectivity index (χ1v) is 4.14. The van der Waals surface area contributed by atoms with Crippen molar-refractivity contribution in [2.45, 2.75) is 5.09 Å². The van der Waals surface area contributed by atoms with Gasteiger partial charge in [0.15, 0.2) is 0 Å². The Morgan fingerprint density at radius 2 is 2.33 bits per heavy atom. The molecule has 1 radical (unpaired) electrons. The molecule has 0 aliphatic rings. The molecule has 1 heterocycles. The fourth-order valence-electron chi connectivity index (χ4n) is 0.423. The average molecular weight is 145 g/mol. The summed E-state index contributed by atoms with van der Waals surface area (Å²) in [6.07, 6.45) is 2.29. The quantitative estimate of drug-likeness (QED) is 0.577. The summed E-state index contributed by atoms with van der Waals surface area (Å²) in [6.45, 7) is 0. The molecule has 1 aromatic rings. The van der Waals surface area contributed by atoms with Crippen molar-refractivity contribution < 1.29 is 12.8 Å². The Morgan fingerprint density at radius 3 is 2.56 bits per heavy atom. The molecule has 0 fully saturated rings. The van der Waals surface area contributed by atoms with Crippen LogP contribution in [0, 0.1) is 6.07 Å². The number of hydrogen-bond acceptors (Lipinski definition) is 3. The molecule has 1 aromatic heterocycles. The average Bonchev–Trinajstić information content (AvgIpc) is 2.08. The maximum absolute atomic E-state index is 10.6. The van der Waals surface area contributed by atoms with Gasteiger partial charge in [0.25, 0.3) is 0 Å². The molecule has 0 spiro atoms. The summed E-state index contributed by atoms with van der Waals surface area (Å²) < 4.78 is 25.7. The van der Waals surface area contributed by atoms with Gasteiger partial charge in [0.1, 0.15) is 6.26 Å². The van der Waals surface area contributed by atoms with Gasteiger partial charge < -0.3 is 4.42 Å². The van der Waals surface area contributed by atoms with Crippen LogP contribution in [-0.4, -0.2) is 14.7 Å². The number of sulfone groups is 1. The van der Waals surface area contributed by atoms with Crippen molar-refractivity contribution in [2.75, 3.05) is 6.26 Å². The summed E-state index contributed by atoms with van der Waals surface area (Å²) in [7, 11) is -3.16. The van der Waals surface area contributed by atoms with Gasteiger partial charge in [-0.3, -0.25) is 0 Å². The predicted octanol–water partition coefficient (Wildman–Crippen LogP) is 0.483. The molecule has 1 rings (SSSR count). The maximum atomic E-state index is 10.6. The van der Waals surface area contributed by atoms with Crippen molar-refractivity contribution in [2.24, 2.45) is 0 Å². The second kappa shape index (κ2) is 1.88. The molecule has 49 valence electrons. The molecular formula is C5H5O3S. The maximum Gasteiger partial charge on any atom is 0.218 e.